The molecule has 1 heterocycles. The van der Waals surface area contributed by atoms with E-state index in [0.29, 0.717) is 28.2 Å². The van der Waals surface area contributed by atoms with Gasteiger partial charge >= 0.3 is 0 Å². The van der Waals surface area contributed by atoms with Crippen molar-refractivity contribution in [3.63, 3.8) is 0 Å². The molecule has 1 amide bonds. The van der Waals surface area contributed by atoms with E-state index in [4.69, 9.17) is 20.9 Å². The highest BCUT2D eigenvalue weighted by molar-refractivity contribution is 6.31. The molecule has 106 valence electrons. The second kappa shape index (κ2) is 5.92. The molecular weight excluding hydrogens is 282 g/mol. The van der Waals surface area contributed by atoms with Gasteiger partial charge in [-0.1, -0.05) is 16.8 Å². The number of methoxy groups -OCH3 is 1. The van der Waals surface area contributed by atoms with Crippen LogP contribution in [0.15, 0.2) is 16.7 Å². The van der Waals surface area contributed by atoms with Crippen molar-refractivity contribution < 1.29 is 14.1 Å². The van der Waals surface area contributed by atoms with Gasteiger partial charge in [0.05, 0.1) is 19.2 Å². The summed E-state index contributed by atoms with van der Waals surface area (Å²) in [4.78, 5) is 15.9. The first-order valence-corrected chi connectivity index (χ1v) is 6.30. The van der Waals surface area contributed by atoms with E-state index >= 15 is 0 Å². The molecule has 0 fully saturated rings. The molecule has 0 unspecified atom stereocenters. The Morgan fingerprint density at radius 1 is 1.45 bits per heavy atom. The molecule has 20 heavy (non-hydrogen) atoms. The molecule has 1 aromatic heterocycles. The quantitative estimate of drug-likeness (QED) is 0.938. The summed E-state index contributed by atoms with van der Waals surface area (Å²) in [7, 11) is 1.51. The van der Waals surface area contributed by atoms with E-state index < -0.39 is 0 Å². The lowest BCUT2D eigenvalue weighted by molar-refractivity contribution is -0.115. The molecule has 1 aromatic carbocycles. The number of benzene rings is 1. The van der Waals surface area contributed by atoms with E-state index in [2.05, 4.69) is 15.5 Å². The fraction of sp³-hybridized carbons (Fsp3) is 0.308. The Morgan fingerprint density at radius 2 is 2.20 bits per heavy atom. The molecule has 0 aliphatic carbocycles. The molecule has 6 nitrogen and oxygen atoms in total. The van der Waals surface area contributed by atoms with Gasteiger partial charge in [-0.25, -0.2) is 0 Å². The van der Waals surface area contributed by atoms with Crippen LogP contribution in [0.4, 0.5) is 5.69 Å². The molecule has 0 saturated carbocycles. The summed E-state index contributed by atoms with van der Waals surface area (Å²) in [6, 6.07) is 3.41. The van der Waals surface area contributed by atoms with E-state index in [-0.39, 0.29) is 12.3 Å². The molecule has 0 saturated heterocycles. The number of carbonyl (C=O) groups excluding carboxylic acids is 1. The number of nitrogens with one attached hydrogen (secondary N) is 1. The van der Waals surface area contributed by atoms with Crippen molar-refractivity contribution >= 4 is 23.2 Å². The van der Waals surface area contributed by atoms with Gasteiger partial charge in [-0.05, 0) is 18.6 Å². The van der Waals surface area contributed by atoms with Crippen LogP contribution in [0, 0.1) is 13.8 Å². The Morgan fingerprint density at radius 3 is 2.80 bits per heavy atom. The molecular formula is C13H14ClN3O3. The summed E-state index contributed by atoms with van der Waals surface area (Å²) in [5.41, 5.74) is 1.40. The average Bonchev–Trinajstić information content (AvgIpc) is 2.78. The van der Waals surface area contributed by atoms with Gasteiger partial charge in [-0.3, -0.25) is 4.79 Å². The van der Waals surface area contributed by atoms with Crippen LogP contribution in [0.25, 0.3) is 0 Å². The Balaban J connectivity index is 2.13. The zero-order chi connectivity index (χ0) is 14.7. The zero-order valence-electron chi connectivity index (χ0n) is 11.4. The highest BCUT2D eigenvalue weighted by Gasteiger charge is 2.13. The fourth-order valence-electron chi connectivity index (χ4n) is 1.68. The van der Waals surface area contributed by atoms with Crippen LogP contribution < -0.4 is 10.1 Å². The van der Waals surface area contributed by atoms with E-state index in [0.717, 1.165) is 5.56 Å². The van der Waals surface area contributed by atoms with Crippen LogP contribution in [0.3, 0.4) is 0 Å². The Labute approximate surface area is 121 Å². The lowest BCUT2D eigenvalue weighted by Crippen LogP contribution is -2.16. The number of nitrogens with zero attached hydrogens (tertiary/aromatic N) is 2. The third-order valence-electron chi connectivity index (χ3n) is 2.64. The number of anilines is 1. The maximum absolute atomic E-state index is 11.9. The van der Waals surface area contributed by atoms with Gasteiger partial charge in [0, 0.05) is 18.0 Å². The topological polar surface area (TPSA) is 77.2 Å². The smallest absolute Gasteiger partial charge is 0.232 e. The van der Waals surface area contributed by atoms with Crippen molar-refractivity contribution in [1.29, 1.82) is 0 Å². The van der Waals surface area contributed by atoms with Gasteiger partial charge in [0.1, 0.15) is 5.75 Å². The first-order chi connectivity index (χ1) is 9.49. The molecule has 0 atom stereocenters. The number of carbonyl (C=O) groups is 1. The SMILES string of the molecule is COc1cc(Cl)c(C)cc1NC(=O)Cc1noc(C)n1. The molecule has 1 N–H and O–H groups in total. The summed E-state index contributed by atoms with van der Waals surface area (Å²) in [5, 5.41) is 6.99. The molecule has 2 rings (SSSR count). The van der Waals surface area contributed by atoms with Crippen LogP contribution in [0.1, 0.15) is 17.3 Å². The lowest BCUT2D eigenvalue weighted by Gasteiger charge is -2.11. The molecule has 7 heteroatoms. The first-order valence-electron chi connectivity index (χ1n) is 5.92. The number of ether oxygens (including phenoxy) is 1. The van der Waals surface area contributed by atoms with Crippen molar-refractivity contribution in [3.05, 3.63) is 34.4 Å². The Kier molecular flexibility index (Phi) is 4.24. The predicted octanol–water partition coefficient (Wildman–Crippen LogP) is 2.53. The third kappa shape index (κ3) is 3.27. The number of hydrogen-bond donors (Lipinski definition) is 1. The first kappa shape index (κ1) is 14.3. The lowest BCUT2D eigenvalue weighted by atomic mass is 10.2. The van der Waals surface area contributed by atoms with Crippen molar-refractivity contribution in [2.75, 3.05) is 12.4 Å². The Hall–Kier alpha value is -2.08. The van der Waals surface area contributed by atoms with E-state index in [1.807, 2.05) is 6.92 Å². The summed E-state index contributed by atoms with van der Waals surface area (Å²) >= 11 is 6.01. The second-order valence-corrected chi connectivity index (χ2v) is 4.66. The van der Waals surface area contributed by atoms with Crippen LogP contribution in [0.5, 0.6) is 5.75 Å². The normalized spacial score (nSPS) is 10.4. The number of rotatable bonds is 4. The number of halogens is 1. The van der Waals surface area contributed by atoms with E-state index in [1.165, 1.54) is 7.11 Å². The standard InChI is InChI=1S/C13H14ClN3O3/c1-7-4-10(11(19-3)5-9(7)14)16-13(18)6-12-15-8(2)20-17-12/h4-5H,6H2,1-3H3,(H,16,18). The second-order valence-electron chi connectivity index (χ2n) is 4.26. The molecule has 0 aliphatic heterocycles. The van der Waals surface area contributed by atoms with Gasteiger partial charge in [0.2, 0.25) is 11.8 Å². The van der Waals surface area contributed by atoms with Crippen molar-refractivity contribution in [2.45, 2.75) is 20.3 Å². The number of amides is 1. The van der Waals surface area contributed by atoms with Gasteiger partial charge < -0.3 is 14.6 Å². The molecule has 0 spiro atoms. The minimum absolute atomic E-state index is 0.0299. The highest BCUT2D eigenvalue weighted by atomic mass is 35.5. The maximum Gasteiger partial charge on any atom is 0.232 e. The number of aromatic nitrogens is 2. The summed E-state index contributed by atoms with van der Waals surface area (Å²) in [5.74, 6) is 1.00. The molecule has 2 aromatic rings. The predicted molar refractivity (Wildman–Crippen MR) is 74.1 cm³/mol. The molecule has 0 bridgehead atoms. The molecule has 0 aliphatic rings. The van der Waals surface area contributed by atoms with Gasteiger partial charge in [-0.15, -0.1) is 0 Å². The monoisotopic (exact) mass is 295 g/mol. The van der Waals surface area contributed by atoms with Crippen molar-refractivity contribution in [3.8, 4) is 5.75 Å². The highest BCUT2D eigenvalue weighted by Crippen LogP contribution is 2.30. The van der Waals surface area contributed by atoms with Gasteiger partial charge in [0.15, 0.2) is 5.82 Å². The summed E-state index contributed by atoms with van der Waals surface area (Å²) in [6.07, 6.45) is 0.0299. The van der Waals surface area contributed by atoms with Crippen LogP contribution in [0.2, 0.25) is 5.02 Å². The van der Waals surface area contributed by atoms with Crippen LogP contribution in [-0.2, 0) is 11.2 Å². The van der Waals surface area contributed by atoms with E-state index in [1.54, 1.807) is 19.1 Å². The van der Waals surface area contributed by atoms with Crippen LogP contribution in [-0.4, -0.2) is 23.2 Å². The largest absolute Gasteiger partial charge is 0.495 e. The Bertz CT molecular complexity index is 640. The van der Waals surface area contributed by atoms with Crippen molar-refractivity contribution in [2.24, 2.45) is 0 Å². The zero-order valence-corrected chi connectivity index (χ0v) is 12.1. The maximum atomic E-state index is 11.9. The fourth-order valence-corrected chi connectivity index (χ4v) is 1.83. The van der Waals surface area contributed by atoms with Gasteiger partial charge in [-0.2, -0.15) is 4.98 Å². The molecule has 0 radical (unpaired) electrons. The number of hydrogen-bond acceptors (Lipinski definition) is 5. The summed E-state index contributed by atoms with van der Waals surface area (Å²) < 4.78 is 10.00. The van der Waals surface area contributed by atoms with Crippen molar-refractivity contribution in [1.82, 2.24) is 10.1 Å². The van der Waals surface area contributed by atoms with E-state index in [9.17, 15) is 4.79 Å². The minimum atomic E-state index is -0.258. The average molecular weight is 296 g/mol. The minimum Gasteiger partial charge on any atom is -0.495 e. The van der Waals surface area contributed by atoms with Gasteiger partial charge in [0.25, 0.3) is 0 Å². The summed E-state index contributed by atoms with van der Waals surface area (Å²) in [6.45, 7) is 3.51. The number of aryl methyl sites for hydroxylation is 2. The third-order valence-corrected chi connectivity index (χ3v) is 3.05. The van der Waals surface area contributed by atoms with Crippen LogP contribution >= 0.6 is 11.6 Å².